The van der Waals surface area contributed by atoms with Crippen molar-refractivity contribution in [3.05, 3.63) is 36.7 Å². The maximum atomic E-state index is 5.27. The van der Waals surface area contributed by atoms with Crippen LogP contribution >= 0.6 is 0 Å². The van der Waals surface area contributed by atoms with Crippen LogP contribution in [0.25, 0.3) is 11.4 Å². The highest BCUT2D eigenvalue weighted by atomic mass is 16.5. The minimum absolute atomic E-state index is 0.286. The SMILES string of the molecule is CC#CCOc1ncnc(-c2ccccc2)n1. The van der Waals surface area contributed by atoms with Gasteiger partial charge in [0, 0.05) is 5.56 Å². The van der Waals surface area contributed by atoms with Gasteiger partial charge in [0.1, 0.15) is 6.33 Å². The minimum Gasteiger partial charge on any atom is -0.450 e. The molecule has 0 atom stereocenters. The van der Waals surface area contributed by atoms with E-state index in [0.717, 1.165) is 5.56 Å². The largest absolute Gasteiger partial charge is 0.450 e. The Labute approximate surface area is 99.7 Å². The average Bonchev–Trinajstić information content (AvgIpc) is 2.41. The summed E-state index contributed by atoms with van der Waals surface area (Å²) in [6.45, 7) is 2.04. The lowest BCUT2D eigenvalue weighted by molar-refractivity contribution is 0.338. The van der Waals surface area contributed by atoms with Crippen molar-refractivity contribution in [1.82, 2.24) is 15.0 Å². The fraction of sp³-hybridized carbons (Fsp3) is 0.154. The van der Waals surface area contributed by atoms with Gasteiger partial charge in [-0.2, -0.15) is 9.97 Å². The van der Waals surface area contributed by atoms with Crippen LogP contribution in [-0.2, 0) is 0 Å². The Hall–Kier alpha value is -2.41. The summed E-state index contributed by atoms with van der Waals surface area (Å²) in [5.41, 5.74) is 0.932. The van der Waals surface area contributed by atoms with Crippen LogP contribution < -0.4 is 4.74 Å². The molecule has 0 N–H and O–H groups in total. The van der Waals surface area contributed by atoms with E-state index < -0.39 is 0 Å². The van der Waals surface area contributed by atoms with E-state index in [-0.39, 0.29) is 6.61 Å². The van der Waals surface area contributed by atoms with E-state index in [4.69, 9.17) is 4.74 Å². The molecule has 0 aliphatic carbocycles. The summed E-state index contributed by atoms with van der Waals surface area (Å²) in [5.74, 6) is 6.12. The summed E-state index contributed by atoms with van der Waals surface area (Å²) >= 11 is 0. The third kappa shape index (κ3) is 3.02. The van der Waals surface area contributed by atoms with Crippen molar-refractivity contribution >= 4 is 0 Å². The van der Waals surface area contributed by atoms with E-state index in [1.807, 2.05) is 30.3 Å². The van der Waals surface area contributed by atoms with E-state index in [1.54, 1.807) is 6.92 Å². The molecule has 0 spiro atoms. The highest BCUT2D eigenvalue weighted by molar-refractivity contribution is 5.54. The van der Waals surface area contributed by atoms with Crippen LogP contribution in [0.2, 0.25) is 0 Å². The highest BCUT2D eigenvalue weighted by Crippen LogP contribution is 2.14. The lowest BCUT2D eigenvalue weighted by atomic mass is 10.2. The Kier molecular flexibility index (Phi) is 3.66. The van der Waals surface area contributed by atoms with Gasteiger partial charge in [0.2, 0.25) is 0 Å². The van der Waals surface area contributed by atoms with Crippen LogP contribution in [0.5, 0.6) is 6.01 Å². The molecule has 1 aromatic heterocycles. The van der Waals surface area contributed by atoms with Gasteiger partial charge < -0.3 is 4.74 Å². The molecule has 0 saturated carbocycles. The van der Waals surface area contributed by atoms with Crippen molar-refractivity contribution in [3.8, 4) is 29.2 Å². The number of nitrogens with zero attached hydrogens (tertiary/aromatic N) is 3. The number of hydrogen-bond donors (Lipinski definition) is 0. The van der Waals surface area contributed by atoms with E-state index in [1.165, 1.54) is 6.33 Å². The fourth-order valence-corrected chi connectivity index (χ4v) is 1.25. The molecule has 0 bridgehead atoms. The Morgan fingerprint density at radius 2 is 2.00 bits per heavy atom. The Bertz CT molecular complexity index is 543. The Morgan fingerprint density at radius 1 is 1.18 bits per heavy atom. The lowest BCUT2D eigenvalue weighted by Gasteiger charge is -2.02. The van der Waals surface area contributed by atoms with Gasteiger partial charge in [0.25, 0.3) is 0 Å². The van der Waals surface area contributed by atoms with Gasteiger partial charge in [-0.25, -0.2) is 4.98 Å². The maximum Gasteiger partial charge on any atom is 0.320 e. The summed E-state index contributed by atoms with van der Waals surface area (Å²) in [7, 11) is 0. The van der Waals surface area contributed by atoms with Crippen molar-refractivity contribution in [1.29, 1.82) is 0 Å². The number of hydrogen-bond acceptors (Lipinski definition) is 4. The fourth-order valence-electron chi connectivity index (χ4n) is 1.25. The number of aromatic nitrogens is 3. The summed E-state index contributed by atoms with van der Waals surface area (Å²) in [6.07, 6.45) is 1.43. The number of ether oxygens (including phenoxy) is 1. The first-order valence-electron chi connectivity index (χ1n) is 5.17. The summed E-state index contributed by atoms with van der Waals surface area (Å²) in [6, 6.07) is 9.97. The molecule has 0 fully saturated rings. The quantitative estimate of drug-likeness (QED) is 0.749. The number of benzene rings is 1. The van der Waals surface area contributed by atoms with Gasteiger partial charge in [0.05, 0.1) is 0 Å². The molecule has 0 aliphatic rings. The second kappa shape index (κ2) is 5.61. The highest BCUT2D eigenvalue weighted by Gasteiger charge is 2.03. The van der Waals surface area contributed by atoms with Crippen LogP contribution in [0.15, 0.2) is 36.7 Å². The van der Waals surface area contributed by atoms with Crippen LogP contribution in [0.3, 0.4) is 0 Å². The number of rotatable bonds is 3. The molecule has 0 saturated heterocycles. The van der Waals surface area contributed by atoms with Crippen LogP contribution in [0.1, 0.15) is 6.92 Å². The van der Waals surface area contributed by atoms with E-state index in [9.17, 15) is 0 Å². The van der Waals surface area contributed by atoms with Crippen LogP contribution in [0.4, 0.5) is 0 Å². The third-order valence-electron chi connectivity index (χ3n) is 2.03. The molecule has 17 heavy (non-hydrogen) atoms. The van der Waals surface area contributed by atoms with Crippen LogP contribution in [-0.4, -0.2) is 21.6 Å². The zero-order valence-electron chi connectivity index (χ0n) is 9.42. The molecule has 4 nitrogen and oxygen atoms in total. The van der Waals surface area contributed by atoms with E-state index >= 15 is 0 Å². The second-order valence-corrected chi connectivity index (χ2v) is 3.17. The van der Waals surface area contributed by atoms with Gasteiger partial charge >= 0.3 is 6.01 Å². The van der Waals surface area contributed by atoms with E-state index in [0.29, 0.717) is 11.8 Å². The molecule has 2 rings (SSSR count). The van der Waals surface area contributed by atoms with Crippen molar-refractivity contribution in [2.45, 2.75) is 6.92 Å². The first-order valence-corrected chi connectivity index (χ1v) is 5.17. The molecule has 84 valence electrons. The molecular formula is C13H11N3O. The molecule has 0 aliphatic heterocycles. The van der Waals surface area contributed by atoms with Gasteiger partial charge in [0.15, 0.2) is 12.4 Å². The molecular weight excluding hydrogens is 214 g/mol. The first-order chi connectivity index (χ1) is 8.40. The molecule has 1 heterocycles. The van der Waals surface area contributed by atoms with Crippen molar-refractivity contribution in [2.75, 3.05) is 6.61 Å². The standard InChI is InChI=1S/C13H11N3O/c1-2-3-9-17-13-15-10-14-12(16-13)11-7-5-4-6-8-11/h4-8,10H,9H2,1H3. The average molecular weight is 225 g/mol. The zero-order valence-corrected chi connectivity index (χ0v) is 9.42. The summed E-state index contributed by atoms with van der Waals surface area (Å²) in [5, 5.41) is 0. The zero-order chi connectivity index (χ0) is 11.9. The Morgan fingerprint density at radius 3 is 2.76 bits per heavy atom. The normalized spacial score (nSPS) is 9.24. The van der Waals surface area contributed by atoms with Gasteiger partial charge in [-0.3, -0.25) is 0 Å². The predicted molar refractivity (Wildman–Crippen MR) is 64.2 cm³/mol. The lowest BCUT2D eigenvalue weighted by Crippen LogP contribution is -2.01. The monoisotopic (exact) mass is 225 g/mol. The topological polar surface area (TPSA) is 47.9 Å². The smallest absolute Gasteiger partial charge is 0.320 e. The molecule has 0 amide bonds. The van der Waals surface area contributed by atoms with Gasteiger partial charge in [-0.1, -0.05) is 36.3 Å². The molecule has 0 radical (unpaired) electrons. The maximum absolute atomic E-state index is 5.27. The summed E-state index contributed by atoms with van der Waals surface area (Å²) in [4.78, 5) is 12.2. The van der Waals surface area contributed by atoms with E-state index in [2.05, 4.69) is 26.8 Å². The molecule has 4 heteroatoms. The summed E-state index contributed by atoms with van der Waals surface area (Å²) < 4.78 is 5.27. The predicted octanol–water partition coefficient (Wildman–Crippen LogP) is 1.94. The van der Waals surface area contributed by atoms with Crippen molar-refractivity contribution < 1.29 is 4.74 Å². The minimum atomic E-state index is 0.286. The Balaban J connectivity index is 2.19. The third-order valence-corrected chi connectivity index (χ3v) is 2.03. The van der Waals surface area contributed by atoms with Crippen molar-refractivity contribution in [2.24, 2.45) is 0 Å². The van der Waals surface area contributed by atoms with Gasteiger partial charge in [-0.05, 0) is 6.92 Å². The molecule has 2 aromatic rings. The van der Waals surface area contributed by atoms with Gasteiger partial charge in [-0.15, -0.1) is 5.92 Å². The second-order valence-electron chi connectivity index (χ2n) is 3.17. The molecule has 0 unspecified atom stereocenters. The van der Waals surface area contributed by atoms with Crippen molar-refractivity contribution in [3.63, 3.8) is 0 Å². The first kappa shape index (κ1) is 11.1. The molecule has 1 aromatic carbocycles. The van der Waals surface area contributed by atoms with Crippen LogP contribution in [0, 0.1) is 11.8 Å².